The van der Waals surface area contributed by atoms with Crippen LogP contribution in [0.25, 0.3) is 0 Å². The van der Waals surface area contributed by atoms with Gasteiger partial charge in [-0.15, -0.1) is 12.4 Å². The Bertz CT molecular complexity index is 606. The van der Waals surface area contributed by atoms with Crippen molar-refractivity contribution in [2.45, 2.75) is 26.6 Å². The number of benzene rings is 1. The monoisotopic (exact) mass is 342 g/mol. The van der Waals surface area contributed by atoms with Crippen LogP contribution in [0, 0.1) is 0 Å². The Kier molecular flexibility index (Phi) is 7.80. The van der Waals surface area contributed by atoms with Gasteiger partial charge in [0.2, 0.25) is 5.89 Å². The van der Waals surface area contributed by atoms with E-state index in [4.69, 9.17) is 19.7 Å². The third-order valence-electron chi connectivity index (χ3n) is 3.35. The molecule has 0 fully saturated rings. The van der Waals surface area contributed by atoms with E-state index in [1.807, 2.05) is 18.2 Å². The predicted octanol–water partition coefficient (Wildman–Crippen LogP) is 1.99. The molecule has 7 nitrogen and oxygen atoms in total. The summed E-state index contributed by atoms with van der Waals surface area (Å²) in [4.78, 5) is 6.43. The maximum atomic E-state index is 5.47. The fraction of sp³-hybridized carbons (Fsp3) is 0.467. The highest BCUT2D eigenvalue weighted by atomic mass is 35.5. The van der Waals surface area contributed by atoms with Crippen molar-refractivity contribution in [2.24, 2.45) is 5.73 Å². The summed E-state index contributed by atoms with van der Waals surface area (Å²) in [7, 11) is 3.26. The third-order valence-corrected chi connectivity index (χ3v) is 3.35. The van der Waals surface area contributed by atoms with E-state index >= 15 is 0 Å². The first-order valence-electron chi connectivity index (χ1n) is 7.14. The van der Waals surface area contributed by atoms with Crippen molar-refractivity contribution in [3.05, 3.63) is 35.5 Å². The van der Waals surface area contributed by atoms with Crippen LogP contribution in [0.3, 0.4) is 0 Å². The minimum absolute atomic E-state index is 0. The zero-order valence-corrected chi connectivity index (χ0v) is 14.4. The lowest BCUT2D eigenvalue weighted by molar-refractivity contribution is 0.258. The summed E-state index contributed by atoms with van der Waals surface area (Å²) < 4.78 is 15.6. The van der Waals surface area contributed by atoms with Crippen LogP contribution in [0.4, 0.5) is 0 Å². The molecule has 1 aromatic carbocycles. The fourth-order valence-corrected chi connectivity index (χ4v) is 2.15. The molecule has 0 spiro atoms. The molecule has 0 amide bonds. The van der Waals surface area contributed by atoms with Crippen LogP contribution in [0.15, 0.2) is 22.7 Å². The van der Waals surface area contributed by atoms with Crippen LogP contribution in [-0.4, -0.2) is 35.8 Å². The molecule has 0 aliphatic carbocycles. The zero-order chi connectivity index (χ0) is 15.9. The van der Waals surface area contributed by atoms with Gasteiger partial charge in [0, 0.05) is 6.54 Å². The van der Waals surface area contributed by atoms with Crippen molar-refractivity contribution in [1.82, 2.24) is 15.0 Å². The van der Waals surface area contributed by atoms with Gasteiger partial charge in [-0.05, 0) is 24.2 Å². The molecule has 128 valence electrons. The van der Waals surface area contributed by atoms with E-state index in [2.05, 4.69) is 22.0 Å². The highest BCUT2D eigenvalue weighted by molar-refractivity contribution is 5.85. The summed E-state index contributed by atoms with van der Waals surface area (Å²) in [6.45, 7) is 4.57. The summed E-state index contributed by atoms with van der Waals surface area (Å²) in [5, 5.41) is 3.93. The molecule has 0 saturated carbocycles. The molecule has 0 unspecified atom stereocenters. The van der Waals surface area contributed by atoms with E-state index in [0.29, 0.717) is 18.3 Å². The number of nitrogens with zero attached hydrogens (tertiary/aromatic N) is 3. The van der Waals surface area contributed by atoms with Gasteiger partial charge in [0.25, 0.3) is 0 Å². The summed E-state index contributed by atoms with van der Waals surface area (Å²) in [6, 6.07) is 5.90. The smallest absolute Gasteiger partial charge is 0.240 e. The molecule has 2 rings (SSSR count). The predicted molar refractivity (Wildman–Crippen MR) is 88.8 cm³/mol. The van der Waals surface area contributed by atoms with Crippen molar-refractivity contribution >= 4 is 12.4 Å². The van der Waals surface area contributed by atoms with Gasteiger partial charge < -0.3 is 19.7 Å². The first-order chi connectivity index (χ1) is 10.7. The first-order valence-corrected chi connectivity index (χ1v) is 7.14. The van der Waals surface area contributed by atoms with Gasteiger partial charge in [0.1, 0.15) is 0 Å². The molecule has 23 heavy (non-hydrogen) atoms. The van der Waals surface area contributed by atoms with Gasteiger partial charge in [-0.2, -0.15) is 4.98 Å². The molecule has 1 heterocycles. The lowest BCUT2D eigenvalue weighted by Gasteiger charge is -2.19. The average molecular weight is 343 g/mol. The Morgan fingerprint density at radius 1 is 1.17 bits per heavy atom. The maximum Gasteiger partial charge on any atom is 0.240 e. The quantitative estimate of drug-likeness (QED) is 0.784. The molecule has 0 aliphatic heterocycles. The number of methoxy groups -OCH3 is 2. The number of rotatable bonds is 8. The average Bonchev–Trinajstić information content (AvgIpc) is 3.01. The van der Waals surface area contributed by atoms with Crippen LogP contribution < -0.4 is 15.2 Å². The van der Waals surface area contributed by atoms with E-state index < -0.39 is 0 Å². The van der Waals surface area contributed by atoms with Crippen molar-refractivity contribution in [3.63, 3.8) is 0 Å². The maximum absolute atomic E-state index is 5.47. The van der Waals surface area contributed by atoms with Crippen LogP contribution in [0.2, 0.25) is 0 Å². The third kappa shape index (κ3) is 5.09. The Balaban J connectivity index is 0.00000264. The summed E-state index contributed by atoms with van der Waals surface area (Å²) in [6.07, 6.45) is 0. The minimum Gasteiger partial charge on any atom is -0.493 e. The largest absolute Gasteiger partial charge is 0.493 e. The first kappa shape index (κ1) is 19.2. The summed E-state index contributed by atoms with van der Waals surface area (Å²) >= 11 is 0. The highest BCUT2D eigenvalue weighted by Gasteiger charge is 2.12. The summed E-state index contributed by atoms with van der Waals surface area (Å²) in [5.41, 5.74) is 6.60. The minimum atomic E-state index is 0. The fourth-order valence-electron chi connectivity index (χ4n) is 2.15. The number of hydrogen-bond acceptors (Lipinski definition) is 7. The van der Waals surface area contributed by atoms with Crippen LogP contribution in [0.1, 0.15) is 24.2 Å². The van der Waals surface area contributed by atoms with Gasteiger partial charge in [0.05, 0.1) is 27.3 Å². The Labute approximate surface area is 142 Å². The van der Waals surface area contributed by atoms with Gasteiger partial charge >= 0.3 is 0 Å². The second kappa shape index (κ2) is 9.34. The van der Waals surface area contributed by atoms with Crippen molar-refractivity contribution in [1.29, 1.82) is 0 Å². The van der Waals surface area contributed by atoms with Crippen molar-refractivity contribution in [2.75, 3.05) is 20.8 Å². The van der Waals surface area contributed by atoms with Gasteiger partial charge in [-0.1, -0.05) is 18.1 Å². The molecular weight excluding hydrogens is 320 g/mol. The standard InChI is InChI=1S/C15H22N4O3.ClH/c1-4-19(10-14-17-15(8-16)22-18-14)9-11-5-6-12(20-2)13(7-11)21-3;/h5-7H,4,8-10,16H2,1-3H3;1H. The molecule has 0 atom stereocenters. The molecule has 0 aliphatic rings. The summed E-state index contributed by atoms with van der Waals surface area (Å²) in [5.74, 6) is 2.54. The molecular formula is C15H23ClN4O3. The molecule has 0 bridgehead atoms. The van der Waals surface area contributed by atoms with Crippen molar-refractivity contribution in [3.8, 4) is 11.5 Å². The zero-order valence-electron chi connectivity index (χ0n) is 13.6. The molecule has 0 saturated heterocycles. The van der Waals surface area contributed by atoms with Gasteiger partial charge in [-0.25, -0.2) is 0 Å². The molecule has 2 N–H and O–H groups in total. The van der Waals surface area contributed by atoms with Crippen LogP contribution in [0.5, 0.6) is 11.5 Å². The second-order valence-electron chi connectivity index (χ2n) is 4.80. The molecule has 1 aromatic heterocycles. The Morgan fingerprint density at radius 2 is 1.91 bits per heavy atom. The Hall–Kier alpha value is -1.83. The number of hydrogen-bond donors (Lipinski definition) is 1. The molecule has 0 radical (unpaired) electrons. The lowest BCUT2D eigenvalue weighted by Crippen LogP contribution is -2.23. The van der Waals surface area contributed by atoms with E-state index in [9.17, 15) is 0 Å². The van der Waals surface area contributed by atoms with E-state index in [-0.39, 0.29) is 19.0 Å². The van der Waals surface area contributed by atoms with Gasteiger partial charge in [-0.3, -0.25) is 4.90 Å². The van der Waals surface area contributed by atoms with Crippen LogP contribution in [-0.2, 0) is 19.6 Å². The normalized spacial score (nSPS) is 10.5. The van der Waals surface area contributed by atoms with E-state index in [1.165, 1.54) is 0 Å². The molecule has 2 aromatic rings. The van der Waals surface area contributed by atoms with E-state index in [1.54, 1.807) is 14.2 Å². The second-order valence-corrected chi connectivity index (χ2v) is 4.80. The number of nitrogens with two attached hydrogens (primary N) is 1. The SMILES string of the molecule is CCN(Cc1ccc(OC)c(OC)c1)Cc1noc(CN)n1.Cl. The Morgan fingerprint density at radius 3 is 2.48 bits per heavy atom. The molecule has 8 heteroatoms. The van der Waals surface area contributed by atoms with Gasteiger partial charge in [0.15, 0.2) is 17.3 Å². The van der Waals surface area contributed by atoms with E-state index in [0.717, 1.165) is 30.2 Å². The van der Waals surface area contributed by atoms with Crippen LogP contribution >= 0.6 is 12.4 Å². The lowest BCUT2D eigenvalue weighted by atomic mass is 10.2. The number of aromatic nitrogens is 2. The number of ether oxygens (including phenoxy) is 2. The topological polar surface area (TPSA) is 86.6 Å². The highest BCUT2D eigenvalue weighted by Crippen LogP contribution is 2.28. The number of halogens is 1. The van der Waals surface area contributed by atoms with Crippen molar-refractivity contribution < 1.29 is 14.0 Å².